The Bertz CT molecular complexity index is 1430. The zero-order valence-corrected chi connectivity index (χ0v) is 16.5. The second kappa shape index (κ2) is 7.36. The molecule has 0 fully saturated rings. The van der Waals surface area contributed by atoms with Gasteiger partial charge in [0.15, 0.2) is 0 Å². The Kier molecular flexibility index (Phi) is 4.51. The van der Waals surface area contributed by atoms with Crippen LogP contribution in [0.25, 0.3) is 10.9 Å². The van der Waals surface area contributed by atoms with Crippen molar-refractivity contribution in [2.45, 2.75) is 19.6 Å². The van der Waals surface area contributed by atoms with Crippen molar-refractivity contribution >= 4 is 16.8 Å². The summed E-state index contributed by atoms with van der Waals surface area (Å²) in [4.78, 5) is 41.5. The third kappa shape index (κ3) is 3.34. The highest BCUT2D eigenvalue weighted by molar-refractivity contribution is 5.95. The predicted molar refractivity (Wildman–Crippen MR) is 114 cm³/mol. The van der Waals surface area contributed by atoms with Gasteiger partial charge in [-0.2, -0.15) is 0 Å². The van der Waals surface area contributed by atoms with Crippen molar-refractivity contribution in [3.8, 4) is 0 Å². The number of fused-ring (bicyclic) bond motifs is 2. The van der Waals surface area contributed by atoms with Crippen molar-refractivity contribution in [2.24, 2.45) is 0 Å². The van der Waals surface area contributed by atoms with E-state index < -0.39 is 23.0 Å². The Morgan fingerprint density at radius 1 is 0.935 bits per heavy atom. The number of amides is 1. The molecule has 6 nitrogen and oxygen atoms in total. The zero-order chi connectivity index (χ0) is 21.5. The van der Waals surface area contributed by atoms with Gasteiger partial charge in [-0.05, 0) is 41.0 Å². The molecule has 4 aromatic rings. The minimum Gasteiger partial charge on any atom is -0.330 e. The largest absolute Gasteiger partial charge is 0.330 e. The van der Waals surface area contributed by atoms with Gasteiger partial charge in [0.05, 0.1) is 23.0 Å². The van der Waals surface area contributed by atoms with Crippen molar-refractivity contribution in [3.63, 3.8) is 0 Å². The van der Waals surface area contributed by atoms with Crippen LogP contribution in [-0.2, 0) is 19.6 Å². The molecule has 0 unspecified atom stereocenters. The number of carbonyl (C=O) groups is 1. The third-order valence-corrected chi connectivity index (χ3v) is 5.63. The summed E-state index contributed by atoms with van der Waals surface area (Å²) < 4.78 is 16.0. The average Bonchev–Trinajstić information content (AvgIpc) is 3.21. The summed E-state index contributed by atoms with van der Waals surface area (Å²) in [5.41, 5.74) is 2.12. The number of rotatable bonds is 3. The van der Waals surface area contributed by atoms with Crippen LogP contribution in [0.4, 0.5) is 4.39 Å². The van der Waals surface area contributed by atoms with Gasteiger partial charge >= 0.3 is 5.69 Å². The SMILES string of the molecule is O=C(c1cc(Cn2c(=O)[nH]c(=O)c3ccccc32)ccc1F)N1Cc2ccccc2C1. The smallest absolute Gasteiger partial charge is 0.329 e. The number of carbonyl (C=O) groups excluding carboxylic acids is 1. The predicted octanol–water partition coefficient (Wildman–Crippen LogP) is 3.03. The van der Waals surface area contributed by atoms with E-state index in [2.05, 4.69) is 4.98 Å². The monoisotopic (exact) mass is 415 g/mol. The van der Waals surface area contributed by atoms with E-state index in [0.29, 0.717) is 29.6 Å². The number of halogens is 1. The molecule has 1 aromatic heterocycles. The number of benzene rings is 3. The van der Waals surface area contributed by atoms with Gasteiger partial charge in [-0.3, -0.25) is 19.1 Å². The fraction of sp³-hybridized carbons (Fsp3) is 0.125. The Labute approximate surface area is 176 Å². The lowest BCUT2D eigenvalue weighted by atomic mass is 10.1. The van der Waals surface area contributed by atoms with Crippen LogP contribution in [0.5, 0.6) is 0 Å². The van der Waals surface area contributed by atoms with Crippen LogP contribution in [-0.4, -0.2) is 20.4 Å². The molecule has 0 saturated heterocycles. The van der Waals surface area contributed by atoms with Crippen molar-refractivity contribution < 1.29 is 9.18 Å². The molecule has 0 saturated carbocycles. The van der Waals surface area contributed by atoms with Gasteiger partial charge in [0, 0.05) is 13.1 Å². The molecule has 0 aliphatic carbocycles. The summed E-state index contributed by atoms with van der Waals surface area (Å²) in [7, 11) is 0. The third-order valence-electron chi connectivity index (χ3n) is 5.63. The van der Waals surface area contributed by atoms with E-state index >= 15 is 0 Å². The molecule has 1 N–H and O–H groups in total. The Balaban J connectivity index is 1.49. The van der Waals surface area contributed by atoms with Gasteiger partial charge < -0.3 is 4.90 Å². The van der Waals surface area contributed by atoms with Gasteiger partial charge in [-0.15, -0.1) is 0 Å². The highest BCUT2D eigenvalue weighted by Gasteiger charge is 2.26. The van der Waals surface area contributed by atoms with E-state index in [4.69, 9.17) is 0 Å². The zero-order valence-electron chi connectivity index (χ0n) is 16.5. The number of aromatic amines is 1. The molecule has 31 heavy (non-hydrogen) atoms. The Morgan fingerprint density at radius 3 is 2.35 bits per heavy atom. The summed E-state index contributed by atoms with van der Waals surface area (Å²) in [6.07, 6.45) is 0. The molecule has 2 heterocycles. The maximum atomic E-state index is 14.6. The molecule has 0 spiro atoms. The first-order chi connectivity index (χ1) is 15.0. The normalized spacial score (nSPS) is 12.9. The average molecular weight is 415 g/mol. The van der Waals surface area contributed by atoms with Gasteiger partial charge in [-0.25, -0.2) is 9.18 Å². The van der Waals surface area contributed by atoms with Gasteiger partial charge in [-0.1, -0.05) is 42.5 Å². The van der Waals surface area contributed by atoms with Crippen molar-refractivity contribution in [1.29, 1.82) is 0 Å². The number of nitrogens with zero attached hydrogens (tertiary/aromatic N) is 2. The quantitative estimate of drug-likeness (QED) is 0.559. The molecule has 0 radical (unpaired) electrons. The number of H-pyrrole nitrogens is 1. The van der Waals surface area contributed by atoms with Gasteiger partial charge in [0.2, 0.25) is 0 Å². The van der Waals surface area contributed by atoms with Crippen LogP contribution in [0.15, 0.2) is 76.3 Å². The van der Waals surface area contributed by atoms with Gasteiger partial charge in [0.1, 0.15) is 5.82 Å². The van der Waals surface area contributed by atoms with E-state index in [1.807, 2.05) is 24.3 Å². The van der Waals surface area contributed by atoms with Crippen LogP contribution in [0.2, 0.25) is 0 Å². The van der Waals surface area contributed by atoms with Gasteiger partial charge in [0.25, 0.3) is 11.5 Å². The van der Waals surface area contributed by atoms with E-state index in [1.54, 1.807) is 29.2 Å². The topological polar surface area (TPSA) is 75.2 Å². The van der Waals surface area contributed by atoms with E-state index in [-0.39, 0.29) is 12.1 Å². The fourth-order valence-corrected chi connectivity index (χ4v) is 4.06. The minimum atomic E-state index is -0.608. The number of para-hydroxylation sites is 1. The van der Waals surface area contributed by atoms with Crippen LogP contribution in [0, 0.1) is 5.82 Å². The van der Waals surface area contributed by atoms with Crippen LogP contribution >= 0.6 is 0 Å². The molecule has 1 aliphatic rings. The molecule has 1 aliphatic heterocycles. The molecular formula is C24H18FN3O3. The highest BCUT2D eigenvalue weighted by Crippen LogP contribution is 2.25. The van der Waals surface area contributed by atoms with Crippen molar-refractivity contribution in [3.05, 3.63) is 116 Å². The molecule has 154 valence electrons. The molecule has 1 amide bonds. The second-order valence-electron chi connectivity index (χ2n) is 7.61. The van der Waals surface area contributed by atoms with Crippen LogP contribution in [0.3, 0.4) is 0 Å². The van der Waals surface area contributed by atoms with Crippen molar-refractivity contribution in [1.82, 2.24) is 14.5 Å². The summed E-state index contributed by atoms with van der Waals surface area (Å²) in [6, 6.07) is 18.8. The Hall–Kier alpha value is -4.00. The molecule has 7 heteroatoms. The highest BCUT2D eigenvalue weighted by atomic mass is 19.1. The number of nitrogens with one attached hydrogen (secondary N) is 1. The fourth-order valence-electron chi connectivity index (χ4n) is 4.06. The summed E-state index contributed by atoms with van der Waals surface area (Å²) in [6.45, 7) is 0.961. The molecule has 3 aromatic carbocycles. The number of aromatic nitrogens is 2. The lowest BCUT2D eigenvalue weighted by Gasteiger charge is -2.17. The molecule has 0 bridgehead atoms. The minimum absolute atomic E-state index is 0.0351. The van der Waals surface area contributed by atoms with Crippen molar-refractivity contribution in [2.75, 3.05) is 0 Å². The maximum absolute atomic E-state index is 14.6. The van der Waals surface area contributed by atoms with E-state index in [9.17, 15) is 18.8 Å². The first-order valence-electron chi connectivity index (χ1n) is 9.87. The molecular weight excluding hydrogens is 397 g/mol. The Morgan fingerprint density at radius 2 is 1.61 bits per heavy atom. The first-order valence-corrected chi connectivity index (χ1v) is 9.87. The lowest BCUT2D eigenvalue weighted by molar-refractivity contribution is 0.0746. The van der Waals surface area contributed by atoms with E-state index in [0.717, 1.165) is 11.1 Å². The number of hydrogen-bond donors (Lipinski definition) is 1. The summed E-state index contributed by atoms with van der Waals surface area (Å²) in [5, 5.41) is 0.385. The second-order valence-corrected chi connectivity index (χ2v) is 7.61. The standard InChI is InChI=1S/C24H18FN3O3/c25-20-10-9-15(12-28-21-8-4-3-7-18(21)22(29)26-24(28)31)11-19(20)23(30)27-13-16-5-1-2-6-17(16)14-27/h1-11H,12-14H2,(H,26,29,31). The lowest BCUT2D eigenvalue weighted by Crippen LogP contribution is -2.31. The first kappa shape index (κ1) is 19.0. The number of hydrogen-bond acceptors (Lipinski definition) is 3. The van der Waals surface area contributed by atoms with Crippen LogP contribution in [0.1, 0.15) is 27.0 Å². The molecule has 0 atom stereocenters. The maximum Gasteiger partial charge on any atom is 0.329 e. The molecule has 5 rings (SSSR count). The van der Waals surface area contributed by atoms with E-state index in [1.165, 1.54) is 22.8 Å². The van der Waals surface area contributed by atoms with Crippen LogP contribution < -0.4 is 11.2 Å². The summed E-state index contributed by atoms with van der Waals surface area (Å²) in [5.74, 6) is -1.00. The summed E-state index contributed by atoms with van der Waals surface area (Å²) >= 11 is 0.